The summed E-state index contributed by atoms with van der Waals surface area (Å²) < 4.78 is 9.74. The molecule has 0 saturated heterocycles. The van der Waals surface area contributed by atoms with Crippen LogP contribution in [0.5, 0.6) is 0 Å². The molecule has 0 radical (unpaired) electrons. The SMILES string of the molecule is CC(C)C(=O)OCOC(=O)C1=C(N)NC(Cl)=C(C=O)[C@H]1c1ccccc1[N+](=O)[O-]. The van der Waals surface area contributed by atoms with Crippen molar-refractivity contribution in [2.75, 3.05) is 6.79 Å². The van der Waals surface area contributed by atoms with E-state index in [0.717, 1.165) is 0 Å². The van der Waals surface area contributed by atoms with E-state index in [2.05, 4.69) is 5.32 Å². The van der Waals surface area contributed by atoms with Gasteiger partial charge in [-0.05, 0) is 0 Å². The molecule has 1 heterocycles. The Kier molecular flexibility index (Phi) is 6.94. The molecule has 0 bridgehead atoms. The van der Waals surface area contributed by atoms with Gasteiger partial charge in [-0.25, -0.2) is 4.79 Å². The van der Waals surface area contributed by atoms with Crippen LogP contribution >= 0.6 is 11.6 Å². The second-order valence-corrected chi connectivity index (χ2v) is 6.63. The zero-order valence-corrected chi connectivity index (χ0v) is 16.3. The third kappa shape index (κ3) is 4.72. The molecule has 0 amide bonds. The Hall–Kier alpha value is -3.40. The van der Waals surface area contributed by atoms with Crippen molar-refractivity contribution >= 4 is 35.5 Å². The molecule has 1 aromatic carbocycles. The first-order valence-electron chi connectivity index (χ1n) is 8.37. The van der Waals surface area contributed by atoms with Crippen LogP contribution in [0.25, 0.3) is 0 Å². The fourth-order valence-electron chi connectivity index (χ4n) is 2.65. The summed E-state index contributed by atoms with van der Waals surface area (Å²) in [7, 11) is 0. The molecule has 11 heteroatoms. The molecular formula is C18H18ClN3O7. The molecule has 1 atom stereocenters. The van der Waals surface area contributed by atoms with E-state index in [-0.39, 0.29) is 33.4 Å². The Labute approximate surface area is 170 Å². The third-order valence-electron chi connectivity index (χ3n) is 4.04. The molecule has 1 aromatic rings. The van der Waals surface area contributed by atoms with Gasteiger partial charge in [0.1, 0.15) is 17.3 Å². The number of hydrogen-bond donors (Lipinski definition) is 2. The van der Waals surface area contributed by atoms with Crippen molar-refractivity contribution in [1.82, 2.24) is 5.32 Å². The lowest BCUT2D eigenvalue weighted by atomic mass is 9.82. The van der Waals surface area contributed by atoms with E-state index in [1.54, 1.807) is 13.8 Å². The van der Waals surface area contributed by atoms with E-state index in [4.69, 9.17) is 26.8 Å². The lowest BCUT2D eigenvalue weighted by molar-refractivity contribution is -0.385. The molecule has 29 heavy (non-hydrogen) atoms. The van der Waals surface area contributed by atoms with Crippen LogP contribution in [-0.4, -0.2) is 29.9 Å². The highest BCUT2D eigenvalue weighted by molar-refractivity contribution is 6.31. The first kappa shape index (κ1) is 21.9. The summed E-state index contributed by atoms with van der Waals surface area (Å²) >= 11 is 6.04. The third-order valence-corrected chi connectivity index (χ3v) is 4.35. The highest BCUT2D eigenvalue weighted by atomic mass is 35.5. The van der Waals surface area contributed by atoms with Gasteiger partial charge < -0.3 is 20.5 Å². The normalized spacial score (nSPS) is 16.3. The molecule has 0 saturated carbocycles. The van der Waals surface area contributed by atoms with Crippen molar-refractivity contribution < 1.29 is 28.8 Å². The number of esters is 2. The molecule has 0 aromatic heterocycles. The average Bonchev–Trinajstić information content (AvgIpc) is 2.66. The fourth-order valence-corrected chi connectivity index (χ4v) is 2.90. The van der Waals surface area contributed by atoms with Crippen LogP contribution < -0.4 is 11.1 Å². The second-order valence-electron chi connectivity index (χ2n) is 6.26. The van der Waals surface area contributed by atoms with Crippen molar-refractivity contribution in [2.45, 2.75) is 19.8 Å². The van der Waals surface area contributed by atoms with Crippen LogP contribution in [0.15, 0.2) is 46.4 Å². The van der Waals surface area contributed by atoms with Crippen molar-refractivity contribution in [3.63, 3.8) is 0 Å². The molecule has 1 aliphatic heterocycles. The molecule has 0 fully saturated rings. The zero-order valence-electron chi connectivity index (χ0n) is 15.5. The van der Waals surface area contributed by atoms with Gasteiger partial charge in [0, 0.05) is 17.2 Å². The van der Waals surface area contributed by atoms with E-state index in [9.17, 15) is 24.5 Å². The van der Waals surface area contributed by atoms with Crippen molar-refractivity contribution in [2.24, 2.45) is 11.7 Å². The molecular weight excluding hydrogens is 406 g/mol. The van der Waals surface area contributed by atoms with Crippen molar-refractivity contribution in [3.8, 4) is 0 Å². The number of carbonyl (C=O) groups is 3. The maximum absolute atomic E-state index is 12.7. The van der Waals surface area contributed by atoms with Gasteiger partial charge in [-0.3, -0.25) is 19.7 Å². The first-order valence-corrected chi connectivity index (χ1v) is 8.75. The van der Waals surface area contributed by atoms with Crippen LogP contribution in [0.3, 0.4) is 0 Å². The van der Waals surface area contributed by atoms with Crippen molar-refractivity contribution in [1.29, 1.82) is 0 Å². The fraction of sp³-hybridized carbons (Fsp3) is 0.278. The van der Waals surface area contributed by atoms with Crippen LogP contribution in [0, 0.1) is 16.0 Å². The van der Waals surface area contributed by atoms with Gasteiger partial charge in [0.2, 0.25) is 6.79 Å². The minimum atomic E-state index is -1.25. The van der Waals surface area contributed by atoms with E-state index >= 15 is 0 Å². The number of aldehydes is 1. The Morgan fingerprint density at radius 2 is 2.00 bits per heavy atom. The topological polar surface area (TPSA) is 151 Å². The van der Waals surface area contributed by atoms with Gasteiger partial charge in [-0.2, -0.15) is 0 Å². The predicted octanol–water partition coefficient (Wildman–Crippen LogP) is 1.80. The number of nitrogens with zero attached hydrogens (tertiary/aromatic N) is 1. The quantitative estimate of drug-likeness (QED) is 0.167. The van der Waals surface area contributed by atoms with E-state index in [1.165, 1.54) is 24.3 Å². The van der Waals surface area contributed by atoms with E-state index in [0.29, 0.717) is 6.29 Å². The molecule has 0 spiro atoms. The molecule has 0 aliphatic carbocycles. The summed E-state index contributed by atoms with van der Waals surface area (Å²) in [6, 6.07) is 5.54. The molecule has 0 unspecified atom stereocenters. The second kappa shape index (κ2) is 9.20. The number of para-hydroxylation sites is 1. The molecule has 154 valence electrons. The lowest BCUT2D eigenvalue weighted by Gasteiger charge is -2.27. The smallest absolute Gasteiger partial charge is 0.341 e. The summed E-state index contributed by atoms with van der Waals surface area (Å²) in [5.74, 6) is -3.55. The van der Waals surface area contributed by atoms with Gasteiger partial charge in [0.05, 0.1) is 22.3 Å². The van der Waals surface area contributed by atoms with Crippen molar-refractivity contribution in [3.05, 3.63) is 62.1 Å². The summed E-state index contributed by atoms with van der Waals surface area (Å²) in [6.07, 6.45) is 0.370. The number of rotatable bonds is 7. The number of nitrogens with two attached hydrogens (primary N) is 1. The van der Waals surface area contributed by atoms with Gasteiger partial charge in [-0.1, -0.05) is 43.6 Å². The summed E-state index contributed by atoms with van der Waals surface area (Å²) in [6.45, 7) is 2.51. The standard InChI is InChI=1S/C18H18ClN3O7/c1-9(2)17(24)28-8-29-18(25)14-13(11(7-23)15(19)21-16(14)20)10-5-3-4-6-12(10)22(26)27/h3-7,9,13,21H,8,20H2,1-2H3/t13-/m1/s1. The number of hydrogen-bond acceptors (Lipinski definition) is 9. The monoisotopic (exact) mass is 423 g/mol. The minimum absolute atomic E-state index is 0.0216. The summed E-state index contributed by atoms with van der Waals surface area (Å²) in [5.41, 5.74) is 5.15. The van der Waals surface area contributed by atoms with Gasteiger partial charge in [0.15, 0.2) is 0 Å². The largest absolute Gasteiger partial charge is 0.428 e. The molecule has 3 N–H and O–H groups in total. The number of halogens is 1. The van der Waals surface area contributed by atoms with Crippen LogP contribution in [0.2, 0.25) is 0 Å². The van der Waals surface area contributed by atoms with Crippen LogP contribution in [0.4, 0.5) is 5.69 Å². The number of nitro benzene ring substituents is 1. The summed E-state index contributed by atoms with van der Waals surface area (Å²) in [5, 5.41) is 13.7. The molecule has 10 nitrogen and oxygen atoms in total. The number of nitro groups is 1. The van der Waals surface area contributed by atoms with Gasteiger partial charge >= 0.3 is 11.9 Å². The number of nitrogens with one attached hydrogen (secondary N) is 1. The van der Waals surface area contributed by atoms with Gasteiger partial charge in [-0.15, -0.1) is 0 Å². The number of allylic oxidation sites excluding steroid dienone is 1. The summed E-state index contributed by atoms with van der Waals surface area (Å²) in [4.78, 5) is 46.6. The average molecular weight is 424 g/mol. The predicted molar refractivity (Wildman–Crippen MR) is 101 cm³/mol. The van der Waals surface area contributed by atoms with E-state index < -0.39 is 35.5 Å². The Balaban J connectivity index is 2.45. The zero-order chi connectivity index (χ0) is 21.7. The highest BCUT2D eigenvalue weighted by Gasteiger charge is 2.38. The number of benzene rings is 1. The maximum Gasteiger partial charge on any atom is 0.341 e. The van der Waals surface area contributed by atoms with Crippen LogP contribution in [0.1, 0.15) is 25.3 Å². The Bertz CT molecular complexity index is 924. The van der Waals surface area contributed by atoms with Gasteiger partial charge in [0.25, 0.3) is 5.69 Å². The number of dihydropyridines is 1. The molecule has 1 aliphatic rings. The highest BCUT2D eigenvalue weighted by Crippen LogP contribution is 2.41. The van der Waals surface area contributed by atoms with E-state index in [1.807, 2.05) is 0 Å². The maximum atomic E-state index is 12.7. The number of ether oxygens (including phenoxy) is 2. The first-order chi connectivity index (χ1) is 13.7. The minimum Gasteiger partial charge on any atom is -0.428 e. The lowest BCUT2D eigenvalue weighted by Crippen LogP contribution is -2.34. The molecule has 2 rings (SSSR count). The van der Waals surface area contributed by atoms with Crippen LogP contribution in [-0.2, 0) is 23.9 Å². The number of carbonyl (C=O) groups excluding carboxylic acids is 3. The Morgan fingerprint density at radius 3 is 2.59 bits per heavy atom. The Morgan fingerprint density at radius 1 is 1.34 bits per heavy atom.